The molecule has 0 heterocycles. The SMILES string of the molecule is CC(C)N(C)CCC1CCC1=O. The Labute approximate surface area is 74.9 Å². The lowest BCUT2D eigenvalue weighted by molar-refractivity contribution is -0.129. The summed E-state index contributed by atoms with van der Waals surface area (Å²) in [6.07, 6.45) is 3.02. The molecule has 0 N–H and O–H groups in total. The second kappa shape index (κ2) is 4.04. The van der Waals surface area contributed by atoms with Crippen molar-refractivity contribution in [3.63, 3.8) is 0 Å². The van der Waals surface area contributed by atoms with E-state index in [4.69, 9.17) is 0 Å². The van der Waals surface area contributed by atoms with Gasteiger partial charge in [0.05, 0.1) is 0 Å². The molecular weight excluding hydrogens is 150 g/mol. The Kier molecular flexibility index (Phi) is 3.27. The Morgan fingerprint density at radius 3 is 2.58 bits per heavy atom. The number of hydrogen-bond donors (Lipinski definition) is 0. The Hall–Kier alpha value is -0.370. The van der Waals surface area contributed by atoms with E-state index in [1.165, 1.54) is 0 Å². The number of ketones is 1. The standard InChI is InChI=1S/C10H19NO/c1-8(2)11(3)7-6-9-4-5-10(9)12/h8-9H,4-7H2,1-3H3. The van der Waals surface area contributed by atoms with E-state index in [1.807, 2.05) is 0 Å². The third-order valence-electron chi connectivity index (χ3n) is 2.91. The Balaban J connectivity index is 2.12. The van der Waals surface area contributed by atoms with E-state index >= 15 is 0 Å². The first-order chi connectivity index (χ1) is 5.61. The van der Waals surface area contributed by atoms with Gasteiger partial charge in [0.1, 0.15) is 5.78 Å². The molecule has 0 aromatic carbocycles. The molecule has 0 spiro atoms. The maximum Gasteiger partial charge on any atom is 0.136 e. The zero-order chi connectivity index (χ0) is 9.14. The van der Waals surface area contributed by atoms with Crippen molar-refractivity contribution in [1.82, 2.24) is 4.90 Å². The van der Waals surface area contributed by atoms with E-state index in [-0.39, 0.29) is 0 Å². The lowest BCUT2D eigenvalue weighted by Crippen LogP contribution is -2.33. The van der Waals surface area contributed by atoms with Gasteiger partial charge in [0.2, 0.25) is 0 Å². The molecule has 0 aromatic rings. The van der Waals surface area contributed by atoms with E-state index in [0.29, 0.717) is 17.7 Å². The van der Waals surface area contributed by atoms with Gasteiger partial charge in [-0.1, -0.05) is 0 Å². The largest absolute Gasteiger partial charge is 0.304 e. The molecule has 0 radical (unpaired) electrons. The molecular formula is C10H19NO. The third-order valence-corrected chi connectivity index (χ3v) is 2.91. The summed E-state index contributed by atoms with van der Waals surface area (Å²) < 4.78 is 0. The van der Waals surface area contributed by atoms with Crippen molar-refractivity contribution in [3.05, 3.63) is 0 Å². The van der Waals surface area contributed by atoms with Crippen LogP contribution in [-0.2, 0) is 4.79 Å². The summed E-state index contributed by atoms with van der Waals surface area (Å²) in [5.74, 6) is 0.873. The van der Waals surface area contributed by atoms with Crippen LogP contribution in [0, 0.1) is 5.92 Å². The minimum absolute atomic E-state index is 0.395. The fraction of sp³-hybridized carbons (Fsp3) is 0.900. The second-order valence-electron chi connectivity index (χ2n) is 4.06. The van der Waals surface area contributed by atoms with Gasteiger partial charge in [0.15, 0.2) is 0 Å². The van der Waals surface area contributed by atoms with Crippen LogP contribution in [0.5, 0.6) is 0 Å². The van der Waals surface area contributed by atoms with Crippen LogP contribution in [0.3, 0.4) is 0 Å². The molecule has 70 valence electrons. The number of carbonyl (C=O) groups excluding carboxylic acids is 1. The van der Waals surface area contributed by atoms with Gasteiger partial charge >= 0.3 is 0 Å². The van der Waals surface area contributed by atoms with Gasteiger partial charge < -0.3 is 4.90 Å². The molecule has 12 heavy (non-hydrogen) atoms. The molecule has 1 rings (SSSR count). The molecule has 0 aliphatic heterocycles. The predicted molar refractivity (Wildman–Crippen MR) is 50.1 cm³/mol. The summed E-state index contributed by atoms with van der Waals surface area (Å²) in [5.41, 5.74) is 0. The van der Waals surface area contributed by atoms with Crippen molar-refractivity contribution < 1.29 is 4.79 Å². The van der Waals surface area contributed by atoms with Gasteiger partial charge in [-0.2, -0.15) is 0 Å². The number of rotatable bonds is 4. The molecule has 0 aromatic heterocycles. The highest BCUT2D eigenvalue weighted by molar-refractivity contribution is 5.86. The highest BCUT2D eigenvalue weighted by Gasteiger charge is 2.27. The van der Waals surface area contributed by atoms with Gasteiger partial charge in [-0.15, -0.1) is 0 Å². The summed E-state index contributed by atoms with van der Waals surface area (Å²) in [4.78, 5) is 13.3. The predicted octanol–water partition coefficient (Wildman–Crippen LogP) is 1.70. The van der Waals surface area contributed by atoms with Crippen molar-refractivity contribution in [2.24, 2.45) is 5.92 Å². The van der Waals surface area contributed by atoms with Gasteiger partial charge in [0.25, 0.3) is 0 Å². The van der Waals surface area contributed by atoms with Gasteiger partial charge in [-0.25, -0.2) is 0 Å². The van der Waals surface area contributed by atoms with Crippen LogP contribution >= 0.6 is 0 Å². The third kappa shape index (κ3) is 2.31. The molecule has 2 heteroatoms. The Bertz CT molecular complexity index is 165. The molecule has 1 aliphatic carbocycles. The van der Waals surface area contributed by atoms with Gasteiger partial charge in [0, 0.05) is 18.4 Å². The molecule has 1 aliphatic rings. The number of Topliss-reactive ketones (excluding diaryl/α,β-unsaturated/α-hetero) is 1. The summed E-state index contributed by atoms with van der Waals surface area (Å²) in [5, 5.41) is 0. The van der Waals surface area contributed by atoms with Crippen LogP contribution in [0.2, 0.25) is 0 Å². The first kappa shape index (κ1) is 9.72. The van der Waals surface area contributed by atoms with Crippen LogP contribution in [0.15, 0.2) is 0 Å². The quantitative estimate of drug-likeness (QED) is 0.638. The first-order valence-electron chi connectivity index (χ1n) is 4.84. The topological polar surface area (TPSA) is 20.3 Å². The zero-order valence-corrected chi connectivity index (χ0v) is 8.34. The zero-order valence-electron chi connectivity index (χ0n) is 8.34. The lowest BCUT2D eigenvalue weighted by Gasteiger charge is -2.27. The van der Waals surface area contributed by atoms with E-state index in [9.17, 15) is 4.79 Å². The van der Waals surface area contributed by atoms with Crippen molar-refractivity contribution in [2.45, 2.75) is 39.2 Å². The van der Waals surface area contributed by atoms with Crippen LogP contribution in [-0.4, -0.2) is 30.3 Å². The van der Waals surface area contributed by atoms with Crippen molar-refractivity contribution in [3.8, 4) is 0 Å². The second-order valence-corrected chi connectivity index (χ2v) is 4.06. The Morgan fingerprint density at radius 1 is 1.58 bits per heavy atom. The Morgan fingerprint density at radius 2 is 2.25 bits per heavy atom. The lowest BCUT2D eigenvalue weighted by atomic mass is 9.81. The maximum atomic E-state index is 11.0. The monoisotopic (exact) mass is 169 g/mol. The van der Waals surface area contributed by atoms with Crippen LogP contribution < -0.4 is 0 Å². The fourth-order valence-corrected chi connectivity index (χ4v) is 1.39. The van der Waals surface area contributed by atoms with E-state index in [1.54, 1.807) is 0 Å². The molecule has 1 fully saturated rings. The van der Waals surface area contributed by atoms with Crippen LogP contribution in [0.1, 0.15) is 33.1 Å². The molecule has 0 bridgehead atoms. The minimum atomic E-state index is 0.395. The first-order valence-corrected chi connectivity index (χ1v) is 4.84. The van der Waals surface area contributed by atoms with Crippen molar-refractivity contribution in [1.29, 1.82) is 0 Å². The van der Waals surface area contributed by atoms with Crippen LogP contribution in [0.25, 0.3) is 0 Å². The van der Waals surface area contributed by atoms with Gasteiger partial charge in [-0.05, 0) is 40.3 Å². The van der Waals surface area contributed by atoms with E-state index < -0.39 is 0 Å². The van der Waals surface area contributed by atoms with E-state index in [0.717, 1.165) is 25.8 Å². The highest BCUT2D eigenvalue weighted by Crippen LogP contribution is 2.25. The minimum Gasteiger partial charge on any atom is -0.304 e. The van der Waals surface area contributed by atoms with E-state index in [2.05, 4.69) is 25.8 Å². The average molecular weight is 169 g/mol. The van der Waals surface area contributed by atoms with Crippen molar-refractivity contribution >= 4 is 5.78 Å². The smallest absolute Gasteiger partial charge is 0.136 e. The highest BCUT2D eigenvalue weighted by atomic mass is 16.1. The van der Waals surface area contributed by atoms with Crippen LogP contribution in [0.4, 0.5) is 0 Å². The average Bonchev–Trinajstić information content (AvgIpc) is 2.01. The summed E-state index contributed by atoms with van der Waals surface area (Å²) in [6, 6.07) is 0.597. The molecule has 1 unspecified atom stereocenters. The molecule has 0 amide bonds. The number of hydrogen-bond acceptors (Lipinski definition) is 2. The molecule has 2 nitrogen and oxygen atoms in total. The summed E-state index contributed by atoms with van der Waals surface area (Å²) in [7, 11) is 2.12. The van der Waals surface area contributed by atoms with Crippen molar-refractivity contribution in [2.75, 3.05) is 13.6 Å². The normalized spacial score (nSPS) is 23.4. The van der Waals surface area contributed by atoms with Gasteiger partial charge in [-0.3, -0.25) is 4.79 Å². The maximum absolute atomic E-state index is 11.0. The molecule has 1 saturated carbocycles. The fourth-order valence-electron chi connectivity index (χ4n) is 1.39. The molecule has 0 saturated heterocycles. The summed E-state index contributed by atoms with van der Waals surface area (Å²) in [6.45, 7) is 5.43. The summed E-state index contributed by atoms with van der Waals surface area (Å²) >= 11 is 0. The number of carbonyl (C=O) groups is 1. The number of nitrogens with zero attached hydrogens (tertiary/aromatic N) is 1. The molecule has 1 atom stereocenters.